The van der Waals surface area contributed by atoms with Crippen LogP contribution in [0.4, 0.5) is 0 Å². The van der Waals surface area contributed by atoms with Gasteiger partial charge in [-0.05, 0) is 38.8 Å². The highest BCUT2D eigenvalue weighted by atomic mass is 32.1. The average molecular weight is 256 g/mol. The zero-order valence-electron chi connectivity index (χ0n) is 11.3. The van der Waals surface area contributed by atoms with Crippen molar-refractivity contribution in [3.8, 4) is 0 Å². The minimum atomic E-state index is -0.117. The molecule has 1 aromatic heterocycles. The normalized spacial score (nSPS) is 14.2. The van der Waals surface area contributed by atoms with E-state index in [4.69, 9.17) is 10.5 Å². The number of hydrogen-bond donors (Lipinski definition) is 1. The van der Waals surface area contributed by atoms with Crippen LogP contribution in [0, 0.1) is 0 Å². The Labute approximate surface area is 109 Å². The van der Waals surface area contributed by atoms with Crippen LogP contribution in [0.25, 0.3) is 0 Å². The molecule has 0 saturated heterocycles. The Bertz CT molecular complexity index is 311. The van der Waals surface area contributed by atoms with Crippen LogP contribution in [0.2, 0.25) is 0 Å². The summed E-state index contributed by atoms with van der Waals surface area (Å²) in [7, 11) is 3.88. The zero-order valence-corrected chi connectivity index (χ0v) is 12.1. The van der Waals surface area contributed by atoms with E-state index in [-0.39, 0.29) is 5.60 Å². The van der Waals surface area contributed by atoms with Crippen LogP contribution < -0.4 is 5.73 Å². The van der Waals surface area contributed by atoms with Gasteiger partial charge in [0.15, 0.2) is 0 Å². The fourth-order valence-electron chi connectivity index (χ4n) is 1.85. The molecule has 17 heavy (non-hydrogen) atoms. The van der Waals surface area contributed by atoms with Gasteiger partial charge in [0.05, 0.1) is 5.60 Å². The highest BCUT2D eigenvalue weighted by Crippen LogP contribution is 2.20. The number of nitrogens with two attached hydrogens (primary N) is 1. The van der Waals surface area contributed by atoms with E-state index in [1.54, 1.807) is 18.4 Å². The lowest BCUT2D eigenvalue weighted by Crippen LogP contribution is -2.43. The highest BCUT2D eigenvalue weighted by molar-refractivity contribution is 7.09. The molecule has 0 spiro atoms. The quantitative estimate of drug-likeness (QED) is 0.813. The first-order valence-corrected chi connectivity index (χ1v) is 6.84. The van der Waals surface area contributed by atoms with Crippen molar-refractivity contribution in [3.05, 3.63) is 22.4 Å². The highest BCUT2D eigenvalue weighted by Gasteiger charge is 2.24. The molecule has 3 nitrogen and oxygen atoms in total. The van der Waals surface area contributed by atoms with Crippen LogP contribution in [-0.2, 0) is 11.3 Å². The molecule has 0 aliphatic carbocycles. The van der Waals surface area contributed by atoms with Gasteiger partial charge in [-0.1, -0.05) is 6.07 Å². The minimum absolute atomic E-state index is 0.117. The molecule has 1 rings (SSSR count). The molecule has 1 unspecified atom stereocenters. The molecule has 1 heterocycles. The summed E-state index contributed by atoms with van der Waals surface area (Å²) in [6.45, 7) is 5.83. The lowest BCUT2D eigenvalue weighted by atomic mass is 9.98. The zero-order chi connectivity index (χ0) is 12.9. The Kier molecular flexibility index (Phi) is 5.59. The van der Waals surface area contributed by atoms with Crippen LogP contribution in [-0.4, -0.2) is 37.2 Å². The molecule has 1 atom stereocenters. The molecular formula is C13H24N2OS. The molecule has 0 amide bonds. The third-order valence-corrected chi connectivity index (χ3v) is 4.02. The van der Waals surface area contributed by atoms with E-state index in [0.717, 1.165) is 13.0 Å². The van der Waals surface area contributed by atoms with Gasteiger partial charge in [0.1, 0.15) is 0 Å². The number of rotatable bonds is 7. The third-order valence-electron chi connectivity index (χ3n) is 3.16. The maximum Gasteiger partial charge on any atom is 0.0638 e. The third kappa shape index (κ3) is 4.76. The second kappa shape index (κ2) is 6.50. The number of hydrogen-bond acceptors (Lipinski definition) is 4. The van der Waals surface area contributed by atoms with Crippen LogP contribution in [0.1, 0.15) is 25.1 Å². The van der Waals surface area contributed by atoms with Crippen LogP contribution in [0.3, 0.4) is 0 Å². The van der Waals surface area contributed by atoms with E-state index in [1.165, 1.54) is 4.88 Å². The van der Waals surface area contributed by atoms with Gasteiger partial charge in [-0.3, -0.25) is 4.90 Å². The molecule has 0 bridgehead atoms. The molecule has 0 radical (unpaired) electrons. The van der Waals surface area contributed by atoms with Crippen LogP contribution in [0.15, 0.2) is 17.5 Å². The van der Waals surface area contributed by atoms with Crippen molar-refractivity contribution in [2.45, 2.75) is 38.5 Å². The Morgan fingerprint density at radius 3 is 2.71 bits per heavy atom. The standard InChI is InChI=1S/C13H24N2OS/c1-13(2,16-4)8-11(9-14)15(3)10-12-6-5-7-17-12/h5-7,11H,8-10,14H2,1-4H3. The number of thiophene rings is 1. The van der Waals surface area contributed by atoms with Crippen molar-refractivity contribution in [1.29, 1.82) is 0 Å². The van der Waals surface area contributed by atoms with Crippen LogP contribution >= 0.6 is 11.3 Å². The Balaban J connectivity index is 2.55. The summed E-state index contributed by atoms with van der Waals surface area (Å²) in [6.07, 6.45) is 0.946. The Morgan fingerprint density at radius 2 is 2.24 bits per heavy atom. The second-order valence-corrected chi connectivity index (χ2v) is 6.08. The van der Waals surface area contributed by atoms with Crippen molar-refractivity contribution in [2.75, 3.05) is 20.7 Å². The predicted molar refractivity (Wildman–Crippen MR) is 74.3 cm³/mol. The summed E-state index contributed by atoms with van der Waals surface area (Å²) in [5.74, 6) is 0. The second-order valence-electron chi connectivity index (χ2n) is 5.05. The molecule has 1 aromatic rings. The first-order chi connectivity index (χ1) is 7.98. The topological polar surface area (TPSA) is 38.5 Å². The fourth-order valence-corrected chi connectivity index (χ4v) is 2.61. The predicted octanol–water partition coefficient (Wildman–Crippen LogP) is 2.32. The van der Waals surface area contributed by atoms with E-state index in [2.05, 4.69) is 43.3 Å². The Morgan fingerprint density at radius 1 is 1.53 bits per heavy atom. The van der Waals surface area contributed by atoms with Gasteiger partial charge in [-0.2, -0.15) is 0 Å². The summed E-state index contributed by atoms with van der Waals surface area (Å²) < 4.78 is 5.48. The van der Waals surface area contributed by atoms with Gasteiger partial charge in [0.25, 0.3) is 0 Å². The Hall–Kier alpha value is -0.420. The molecule has 0 fully saturated rings. The van der Waals surface area contributed by atoms with E-state index in [1.807, 2.05) is 0 Å². The number of nitrogens with zero attached hydrogens (tertiary/aromatic N) is 1. The molecule has 0 aromatic carbocycles. The summed E-state index contributed by atoms with van der Waals surface area (Å²) in [5.41, 5.74) is 5.75. The minimum Gasteiger partial charge on any atom is -0.379 e. The number of methoxy groups -OCH3 is 1. The van der Waals surface area contributed by atoms with Gasteiger partial charge < -0.3 is 10.5 Å². The molecular weight excluding hydrogens is 232 g/mol. The molecule has 0 aliphatic heterocycles. The first-order valence-electron chi connectivity index (χ1n) is 5.96. The largest absolute Gasteiger partial charge is 0.379 e. The SMILES string of the molecule is COC(C)(C)CC(CN)N(C)Cc1cccs1. The lowest BCUT2D eigenvalue weighted by Gasteiger charge is -2.33. The van der Waals surface area contributed by atoms with Gasteiger partial charge in [0.2, 0.25) is 0 Å². The van der Waals surface area contributed by atoms with Gasteiger partial charge in [-0.15, -0.1) is 11.3 Å². The molecule has 0 saturated carbocycles. The van der Waals surface area contributed by atoms with Gasteiger partial charge in [0, 0.05) is 31.1 Å². The molecule has 0 aliphatic rings. The van der Waals surface area contributed by atoms with E-state index in [9.17, 15) is 0 Å². The molecule has 2 N–H and O–H groups in total. The van der Waals surface area contributed by atoms with Crippen LogP contribution in [0.5, 0.6) is 0 Å². The maximum atomic E-state index is 5.87. The van der Waals surface area contributed by atoms with Crippen molar-refractivity contribution >= 4 is 11.3 Å². The average Bonchev–Trinajstić information content (AvgIpc) is 2.78. The molecule has 98 valence electrons. The maximum absolute atomic E-state index is 5.87. The van der Waals surface area contributed by atoms with Gasteiger partial charge >= 0.3 is 0 Å². The van der Waals surface area contributed by atoms with Gasteiger partial charge in [-0.25, -0.2) is 0 Å². The van der Waals surface area contributed by atoms with Crippen molar-refractivity contribution in [1.82, 2.24) is 4.90 Å². The van der Waals surface area contributed by atoms with Crippen molar-refractivity contribution in [2.24, 2.45) is 5.73 Å². The van der Waals surface area contributed by atoms with Crippen molar-refractivity contribution < 1.29 is 4.74 Å². The van der Waals surface area contributed by atoms with E-state index < -0.39 is 0 Å². The smallest absolute Gasteiger partial charge is 0.0638 e. The lowest BCUT2D eigenvalue weighted by molar-refractivity contribution is -0.00528. The monoisotopic (exact) mass is 256 g/mol. The van der Waals surface area contributed by atoms with Crippen molar-refractivity contribution in [3.63, 3.8) is 0 Å². The van der Waals surface area contributed by atoms with E-state index >= 15 is 0 Å². The molecule has 4 heteroatoms. The fraction of sp³-hybridized carbons (Fsp3) is 0.692. The van der Waals surface area contributed by atoms with E-state index in [0.29, 0.717) is 12.6 Å². The summed E-state index contributed by atoms with van der Waals surface area (Å²) in [6, 6.07) is 4.60. The summed E-state index contributed by atoms with van der Waals surface area (Å²) in [4.78, 5) is 3.69. The summed E-state index contributed by atoms with van der Waals surface area (Å²) in [5, 5.41) is 2.11. The summed E-state index contributed by atoms with van der Waals surface area (Å²) >= 11 is 1.79. The number of likely N-dealkylation sites (N-methyl/N-ethyl adjacent to an activating group) is 1. The number of ether oxygens (including phenoxy) is 1. The first kappa shape index (κ1) is 14.6.